The van der Waals surface area contributed by atoms with Gasteiger partial charge in [0.2, 0.25) is 10.0 Å². The van der Waals surface area contributed by atoms with E-state index in [0.29, 0.717) is 11.7 Å². The van der Waals surface area contributed by atoms with Crippen molar-refractivity contribution in [1.82, 2.24) is 9.21 Å². The number of anilines is 2. The second kappa shape index (κ2) is 5.59. The van der Waals surface area contributed by atoms with Crippen LogP contribution in [0.2, 0.25) is 0 Å². The molecule has 20 heavy (non-hydrogen) atoms. The van der Waals surface area contributed by atoms with E-state index in [1.807, 2.05) is 6.07 Å². The average Bonchev–Trinajstić information content (AvgIpc) is 2.77. The number of nitrogen functional groups attached to an aromatic ring is 1. The lowest BCUT2D eigenvalue weighted by Crippen LogP contribution is -2.26. The van der Waals surface area contributed by atoms with Crippen molar-refractivity contribution in [2.45, 2.75) is 17.4 Å². The van der Waals surface area contributed by atoms with Crippen LogP contribution in [0.1, 0.15) is 6.42 Å². The molecule has 2 rings (SSSR count). The Morgan fingerprint density at radius 1 is 1.40 bits per heavy atom. The third kappa shape index (κ3) is 2.89. The standard InChI is InChI=1S/C13H22N4O2S/c1-16(2)20(18,19)12-6-4-5-11(13(12)14)15-10-7-8-17(3)9-10/h4-6,10,15H,7-9,14H2,1-3H3. The van der Waals surface area contributed by atoms with Crippen LogP contribution in [0, 0.1) is 0 Å². The molecule has 0 saturated carbocycles. The SMILES string of the molecule is CN1CCC(Nc2cccc(S(=O)(=O)N(C)C)c2N)C1. The first-order valence-corrected chi connectivity index (χ1v) is 8.02. The molecule has 7 heteroatoms. The molecule has 1 aliphatic rings. The molecule has 1 heterocycles. The van der Waals surface area contributed by atoms with Gasteiger partial charge in [0.15, 0.2) is 0 Å². The molecule has 0 aliphatic carbocycles. The normalized spacial score (nSPS) is 20.5. The number of likely N-dealkylation sites (tertiary alicyclic amines) is 1. The van der Waals surface area contributed by atoms with Crippen molar-refractivity contribution in [2.75, 3.05) is 45.3 Å². The van der Waals surface area contributed by atoms with Crippen LogP contribution in [0.4, 0.5) is 11.4 Å². The number of nitrogens with one attached hydrogen (secondary N) is 1. The van der Waals surface area contributed by atoms with Crippen LogP contribution in [0.15, 0.2) is 23.1 Å². The van der Waals surface area contributed by atoms with Gasteiger partial charge in [-0.25, -0.2) is 12.7 Å². The Morgan fingerprint density at radius 2 is 2.10 bits per heavy atom. The molecule has 1 aliphatic heterocycles. The molecule has 1 fully saturated rings. The summed E-state index contributed by atoms with van der Waals surface area (Å²) in [6.45, 7) is 1.97. The topological polar surface area (TPSA) is 78.7 Å². The van der Waals surface area contributed by atoms with Crippen LogP contribution in [-0.2, 0) is 10.0 Å². The molecule has 1 aromatic carbocycles. The van der Waals surface area contributed by atoms with Gasteiger partial charge in [-0.2, -0.15) is 0 Å². The summed E-state index contributed by atoms with van der Waals surface area (Å²) >= 11 is 0. The van der Waals surface area contributed by atoms with Gasteiger partial charge in [-0.3, -0.25) is 0 Å². The Kier molecular flexibility index (Phi) is 4.22. The van der Waals surface area contributed by atoms with Crippen LogP contribution in [-0.4, -0.2) is 57.9 Å². The highest BCUT2D eigenvalue weighted by Crippen LogP contribution is 2.29. The van der Waals surface area contributed by atoms with E-state index in [1.54, 1.807) is 6.07 Å². The van der Waals surface area contributed by atoms with Gasteiger partial charge < -0.3 is 16.0 Å². The zero-order valence-electron chi connectivity index (χ0n) is 12.1. The van der Waals surface area contributed by atoms with Crippen LogP contribution >= 0.6 is 0 Å². The predicted molar refractivity (Wildman–Crippen MR) is 81.3 cm³/mol. The molecule has 0 bridgehead atoms. The van der Waals surface area contributed by atoms with E-state index in [9.17, 15) is 8.42 Å². The molecule has 1 unspecified atom stereocenters. The summed E-state index contributed by atoms with van der Waals surface area (Å²) in [7, 11) is 1.55. The third-order valence-electron chi connectivity index (χ3n) is 3.58. The molecule has 3 N–H and O–H groups in total. The first-order chi connectivity index (χ1) is 9.32. The van der Waals surface area contributed by atoms with Gasteiger partial charge >= 0.3 is 0 Å². The van der Waals surface area contributed by atoms with Crippen molar-refractivity contribution in [1.29, 1.82) is 0 Å². The number of rotatable bonds is 4. The number of likely N-dealkylation sites (N-methyl/N-ethyl adjacent to an activating group) is 1. The minimum Gasteiger partial charge on any atom is -0.396 e. The maximum atomic E-state index is 12.2. The fourth-order valence-corrected chi connectivity index (χ4v) is 3.40. The maximum Gasteiger partial charge on any atom is 0.244 e. The lowest BCUT2D eigenvalue weighted by Gasteiger charge is -2.19. The predicted octanol–water partition coefficient (Wildman–Crippen LogP) is 0.635. The number of sulfonamides is 1. The van der Waals surface area contributed by atoms with E-state index in [2.05, 4.69) is 17.3 Å². The Bertz CT molecular complexity index is 586. The van der Waals surface area contributed by atoms with Crippen molar-refractivity contribution < 1.29 is 8.42 Å². The summed E-state index contributed by atoms with van der Waals surface area (Å²) < 4.78 is 25.6. The van der Waals surface area contributed by atoms with Crippen LogP contribution < -0.4 is 11.1 Å². The van der Waals surface area contributed by atoms with E-state index in [1.165, 1.54) is 24.5 Å². The lowest BCUT2D eigenvalue weighted by atomic mass is 10.2. The molecule has 1 aromatic rings. The van der Waals surface area contributed by atoms with E-state index in [4.69, 9.17) is 5.73 Å². The largest absolute Gasteiger partial charge is 0.396 e. The van der Waals surface area contributed by atoms with Gasteiger partial charge in [-0.1, -0.05) is 6.07 Å². The minimum absolute atomic E-state index is 0.152. The molecular formula is C13H22N4O2S. The fraction of sp³-hybridized carbons (Fsp3) is 0.538. The number of para-hydroxylation sites is 1. The molecule has 1 saturated heterocycles. The lowest BCUT2D eigenvalue weighted by molar-refractivity contribution is 0.414. The maximum absolute atomic E-state index is 12.2. The van der Waals surface area contributed by atoms with Crippen molar-refractivity contribution >= 4 is 21.4 Å². The number of nitrogens with two attached hydrogens (primary N) is 1. The van der Waals surface area contributed by atoms with E-state index in [0.717, 1.165) is 19.5 Å². The second-order valence-electron chi connectivity index (χ2n) is 5.40. The fourth-order valence-electron chi connectivity index (χ4n) is 2.36. The van der Waals surface area contributed by atoms with Gasteiger partial charge in [0, 0.05) is 26.7 Å². The molecule has 0 aromatic heterocycles. The molecule has 112 valence electrons. The first kappa shape index (κ1) is 15.1. The first-order valence-electron chi connectivity index (χ1n) is 6.58. The van der Waals surface area contributed by atoms with Crippen molar-refractivity contribution in [3.8, 4) is 0 Å². The van der Waals surface area contributed by atoms with Gasteiger partial charge in [0.1, 0.15) is 4.90 Å². The van der Waals surface area contributed by atoms with Gasteiger partial charge in [-0.15, -0.1) is 0 Å². The molecular weight excluding hydrogens is 276 g/mol. The highest BCUT2D eigenvalue weighted by atomic mass is 32.2. The third-order valence-corrected chi connectivity index (χ3v) is 5.45. The Labute approximate surface area is 120 Å². The molecule has 0 radical (unpaired) electrons. The summed E-state index contributed by atoms with van der Waals surface area (Å²) in [5.41, 5.74) is 7.01. The number of hydrogen-bond acceptors (Lipinski definition) is 5. The van der Waals surface area contributed by atoms with Crippen molar-refractivity contribution in [3.63, 3.8) is 0 Å². The summed E-state index contributed by atoms with van der Waals surface area (Å²) in [6, 6.07) is 5.38. The zero-order valence-corrected chi connectivity index (χ0v) is 12.9. The number of benzene rings is 1. The van der Waals surface area contributed by atoms with Crippen LogP contribution in [0.3, 0.4) is 0 Å². The summed E-state index contributed by atoms with van der Waals surface area (Å²) in [5, 5.41) is 3.34. The van der Waals surface area contributed by atoms with Crippen molar-refractivity contribution in [3.05, 3.63) is 18.2 Å². The Morgan fingerprint density at radius 3 is 2.65 bits per heavy atom. The van der Waals surface area contributed by atoms with E-state index in [-0.39, 0.29) is 10.6 Å². The van der Waals surface area contributed by atoms with Crippen LogP contribution in [0.5, 0.6) is 0 Å². The average molecular weight is 298 g/mol. The monoisotopic (exact) mass is 298 g/mol. The van der Waals surface area contributed by atoms with Gasteiger partial charge in [0.25, 0.3) is 0 Å². The smallest absolute Gasteiger partial charge is 0.244 e. The van der Waals surface area contributed by atoms with E-state index < -0.39 is 10.0 Å². The molecule has 0 amide bonds. The minimum atomic E-state index is -3.52. The summed E-state index contributed by atoms with van der Waals surface area (Å²) in [4.78, 5) is 2.38. The Balaban J connectivity index is 2.28. The van der Waals surface area contributed by atoms with Gasteiger partial charge in [0.05, 0.1) is 11.4 Å². The quantitative estimate of drug-likeness (QED) is 0.797. The highest BCUT2D eigenvalue weighted by Gasteiger charge is 2.24. The van der Waals surface area contributed by atoms with Gasteiger partial charge in [-0.05, 0) is 32.1 Å². The molecule has 6 nitrogen and oxygen atoms in total. The highest BCUT2D eigenvalue weighted by molar-refractivity contribution is 7.89. The Hall–Kier alpha value is -1.31. The molecule has 0 spiro atoms. The summed E-state index contributed by atoms with van der Waals surface area (Å²) in [6.07, 6.45) is 1.03. The molecule has 1 atom stereocenters. The number of nitrogens with zero attached hydrogens (tertiary/aromatic N) is 2. The van der Waals surface area contributed by atoms with Crippen LogP contribution in [0.25, 0.3) is 0 Å². The van der Waals surface area contributed by atoms with Crippen molar-refractivity contribution in [2.24, 2.45) is 0 Å². The summed E-state index contributed by atoms with van der Waals surface area (Å²) in [5.74, 6) is 0. The number of hydrogen-bond donors (Lipinski definition) is 2. The zero-order chi connectivity index (χ0) is 14.9. The second-order valence-corrected chi connectivity index (χ2v) is 7.52. The van der Waals surface area contributed by atoms with E-state index >= 15 is 0 Å².